The summed E-state index contributed by atoms with van der Waals surface area (Å²) in [4.78, 5) is 11.0. The van der Waals surface area contributed by atoms with Gasteiger partial charge >= 0.3 is 0 Å². The minimum Gasteiger partial charge on any atom is -0.457 e. The number of carbonyl (C=O) groups is 1. The third kappa shape index (κ3) is 3.83. The van der Waals surface area contributed by atoms with Crippen LogP contribution in [-0.2, 0) is 6.54 Å². The summed E-state index contributed by atoms with van der Waals surface area (Å²) >= 11 is 0. The van der Waals surface area contributed by atoms with Crippen LogP contribution in [0.25, 0.3) is 0 Å². The van der Waals surface area contributed by atoms with Crippen molar-refractivity contribution < 1.29 is 9.53 Å². The molecule has 0 saturated heterocycles. The second-order valence-corrected chi connectivity index (χ2v) is 4.42. The number of nitrogens with one attached hydrogen (secondary N) is 1. The molecule has 0 saturated carbocycles. The SMILES string of the molecule is CCNCc1cccc(Oc2ccc(C(N)=O)cc2)c1. The molecule has 2 aromatic carbocycles. The molecule has 3 N–H and O–H groups in total. The molecule has 0 atom stereocenters. The summed E-state index contributed by atoms with van der Waals surface area (Å²) < 4.78 is 5.75. The number of rotatable bonds is 6. The first-order chi connectivity index (χ1) is 9.69. The van der Waals surface area contributed by atoms with Crippen LogP contribution in [0.5, 0.6) is 11.5 Å². The van der Waals surface area contributed by atoms with Gasteiger partial charge in [-0.25, -0.2) is 0 Å². The van der Waals surface area contributed by atoms with Crippen LogP contribution in [0.15, 0.2) is 48.5 Å². The fourth-order valence-electron chi connectivity index (χ4n) is 1.81. The van der Waals surface area contributed by atoms with Crippen LogP contribution in [-0.4, -0.2) is 12.5 Å². The molecule has 0 bridgehead atoms. The second kappa shape index (κ2) is 6.73. The van der Waals surface area contributed by atoms with E-state index in [1.807, 2.05) is 24.3 Å². The van der Waals surface area contributed by atoms with Crippen LogP contribution < -0.4 is 15.8 Å². The molecule has 2 aromatic rings. The maximum atomic E-state index is 11.0. The van der Waals surface area contributed by atoms with Crippen molar-refractivity contribution in [1.82, 2.24) is 5.32 Å². The minimum absolute atomic E-state index is 0.441. The molecule has 0 unspecified atom stereocenters. The van der Waals surface area contributed by atoms with Gasteiger partial charge in [-0.1, -0.05) is 19.1 Å². The van der Waals surface area contributed by atoms with Gasteiger partial charge < -0.3 is 15.8 Å². The first-order valence-corrected chi connectivity index (χ1v) is 6.56. The predicted octanol–water partition coefficient (Wildman–Crippen LogP) is 2.69. The molecular formula is C16H18N2O2. The predicted molar refractivity (Wildman–Crippen MR) is 78.9 cm³/mol. The van der Waals surface area contributed by atoms with Crippen LogP contribution in [0.1, 0.15) is 22.8 Å². The molecule has 104 valence electrons. The van der Waals surface area contributed by atoms with E-state index in [0.717, 1.165) is 24.4 Å². The zero-order valence-corrected chi connectivity index (χ0v) is 11.4. The Balaban J connectivity index is 2.07. The van der Waals surface area contributed by atoms with Gasteiger partial charge in [-0.2, -0.15) is 0 Å². The van der Waals surface area contributed by atoms with Gasteiger partial charge in [-0.05, 0) is 48.5 Å². The van der Waals surface area contributed by atoms with Gasteiger partial charge in [0.05, 0.1) is 0 Å². The number of hydrogen-bond acceptors (Lipinski definition) is 3. The minimum atomic E-state index is -0.441. The van der Waals surface area contributed by atoms with E-state index in [2.05, 4.69) is 12.2 Å². The standard InChI is InChI=1S/C16H18N2O2/c1-2-18-11-12-4-3-5-15(10-12)20-14-8-6-13(7-9-14)16(17)19/h3-10,18H,2,11H2,1H3,(H2,17,19). The van der Waals surface area contributed by atoms with Gasteiger partial charge in [0, 0.05) is 12.1 Å². The van der Waals surface area contributed by atoms with E-state index < -0.39 is 5.91 Å². The Morgan fingerprint density at radius 3 is 2.55 bits per heavy atom. The fourth-order valence-corrected chi connectivity index (χ4v) is 1.81. The first kappa shape index (κ1) is 14.1. The average molecular weight is 270 g/mol. The molecule has 4 nitrogen and oxygen atoms in total. The van der Waals surface area contributed by atoms with E-state index in [1.165, 1.54) is 0 Å². The number of amides is 1. The summed E-state index contributed by atoms with van der Waals surface area (Å²) in [7, 11) is 0. The number of hydrogen-bond donors (Lipinski definition) is 2. The zero-order valence-electron chi connectivity index (χ0n) is 11.4. The molecule has 0 aliphatic rings. The van der Waals surface area contributed by atoms with Crippen molar-refractivity contribution in [2.24, 2.45) is 5.73 Å². The third-order valence-electron chi connectivity index (χ3n) is 2.85. The summed E-state index contributed by atoms with van der Waals surface area (Å²) in [6.45, 7) is 3.81. The maximum absolute atomic E-state index is 11.0. The van der Waals surface area contributed by atoms with Gasteiger partial charge in [0.25, 0.3) is 0 Å². The molecule has 2 rings (SSSR count). The molecule has 0 aliphatic heterocycles. The van der Waals surface area contributed by atoms with Crippen molar-refractivity contribution in [1.29, 1.82) is 0 Å². The van der Waals surface area contributed by atoms with Gasteiger partial charge in [0.15, 0.2) is 0 Å². The Labute approximate surface area is 118 Å². The van der Waals surface area contributed by atoms with Gasteiger partial charge in [0.1, 0.15) is 11.5 Å². The van der Waals surface area contributed by atoms with Gasteiger partial charge in [0.2, 0.25) is 5.91 Å². The highest BCUT2D eigenvalue weighted by Crippen LogP contribution is 2.22. The largest absolute Gasteiger partial charge is 0.457 e. The fraction of sp³-hybridized carbons (Fsp3) is 0.188. The lowest BCUT2D eigenvalue weighted by Gasteiger charge is -2.08. The Morgan fingerprint density at radius 1 is 1.15 bits per heavy atom. The van der Waals surface area contributed by atoms with Crippen LogP contribution >= 0.6 is 0 Å². The van der Waals surface area contributed by atoms with Crippen LogP contribution in [0.3, 0.4) is 0 Å². The zero-order chi connectivity index (χ0) is 14.4. The van der Waals surface area contributed by atoms with Gasteiger partial charge in [-0.15, -0.1) is 0 Å². The van der Waals surface area contributed by atoms with E-state index in [9.17, 15) is 4.79 Å². The lowest BCUT2D eigenvalue weighted by molar-refractivity contribution is 0.100. The van der Waals surface area contributed by atoms with Crippen molar-refractivity contribution in [2.75, 3.05) is 6.54 Å². The highest BCUT2D eigenvalue weighted by Gasteiger charge is 2.02. The molecular weight excluding hydrogens is 252 g/mol. The summed E-state index contributed by atoms with van der Waals surface area (Å²) in [5.41, 5.74) is 6.83. The first-order valence-electron chi connectivity index (χ1n) is 6.56. The lowest BCUT2D eigenvalue weighted by Crippen LogP contribution is -2.11. The van der Waals surface area contributed by atoms with E-state index >= 15 is 0 Å². The number of primary amides is 1. The summed E-state index contributed by atoms with van der Waals surface area (Å²) in [6, 6.07) is 14.7. The molecule has 0 radical (unpaired) electrons. The van der Waals surface area contributed by atoms with E-state index in [-0.39, 0.29) is 0 Å². The number of nitrogens with two attached hydrogens (primary N) is 1. The summed E-state index contributed by atoms with van der Waals surface area (Å²) in [5.74, 6) is 1.01. The molecule has 0 spiro atoms. The number of ether oxygens (including phenoxy) is 1. The molecule has 0 heterocycles. The monoisotopic (exact) mass is 270 g/mol. The van der Waals surface area contributed by atoms with Crippen LogP contribution in [0.4, 0.5) is 0 Å². The number of carbonyl (C=O) groups excluding carboxylic acids is 1. The van der Waals surface area contributed by atoms with Crippen LogP contribution in [0.2, 0.25) is 0 Å². The third-order valence-corrected chi connectivity index (χ3v) is 2.85. The summed E-state index contributed by atoms with van der Waals surface area (Å²) in [5, 5.41) is 3.27. The highest BCUT2D eigenvalue weighted by molar-refractivity contribution is 5.92. The molecule has 20 heavy (non-hydrogen) atoms. The Bertz CT molecular complexity index is 579. The Hall–Kier alpha value is -2.33. The molecule has 0 aromatic heterocycles. The quantitative estimate of drug-likeness (QED) is 0.848. The van der Waals surface area contributed by atoms with Crippen LogP contribution in [0, 0.1) is 0 Å². The van der Waals surface area contributed by atoms with E-state index in [4.69, 9.17) is 10.5 Å². The maximum Gasteiger partial charge on any atom is 0.248 e. The van der Waals surface area contributed by atoms with E-state index in [0.29, 0.717) is 11.3 Å². The smallest absolute Gasteiger partial charge is 0.248 e. The molecule has 1 amide bonds. The Kier molecular flexibility index (Phi) is 4.74. The second-order valence-electron chi connectivity index (χ2n) is 4.42. The number of benzene rings is 2. The van der Waals surface area contributed by atoms with Crippen molar-refractivity contribution in [3.8, 4) is 11.5 Å². The molecule has 4 heteroatoms. The highest BCUT2D eigenvalue weighted by atomic mass is 16.5. The van der Waals surface area contributed by atoms with Gasteiger partial charge in [-0.3, -0.25) is 4.79 Å². The Morgan fingerprint density at radius 2 is 1.90 bits per heavy atom. The van der Waals surface area contributed by atoms with Crippen molar-refractivity contribution in [3.05, 3.63) is 59.7 Å². The van der Waals surface area contributed by atoms with Crippen molar-refractivity contribution in [3.63, 3.8) is 0 Å². The average Bonchev–Trinajstić information content (AvgIpc) is 2.46. The topological polar surface area (TPSA) is 64.3 Å². The lowest BCUT2D eigenvalue weighted by atomic mass is 10.2. The van der Waals surface area contributed by atoms with Crippen molar-refractivity contribution in [2.45, 2.75) is 13.5 Å². The molecule has 0 aliphatic carbocycles. The van der Waals surface area contributed by atoms with Crippen molar-refractivity contribution >= 4 is 5.91 Å². The molecule has 0 fully saturated rings. The normalized spacial score (nSPS) is 10.2. The van der Waals surface area contributed by atoms with E-state index in [1.54, 1.807) is 24.3 Å². The summed E-state index contributed by atoms with van der Waals surface area (Å²) in [6.07, 6.45) is 0.